The normalized spacial score (nSPS) is 45.7. The van der Waals surface area contributed by atoms with Crippen LogP contribution in [-0.4, -0.2) is 23.7 Å². The highest BCUT2D eigenvalue weighted by molar-refractivity contribution is 5.67. The molecule has 140 valence electrons. The maximum Gasteiger partial charge on any atom is 0.303 e. The Morgan fingerprint density at radius 1 is 1.32 bits per heavy atom. The minimum Gasteiger partial charge on any atom is -0.481 e. The number of carbonyl (C=O) groups is 1. The van der Waals surface area contributed by atoms with Crippen LogP contribution in [0.5, 0.6) is 0 Å². The Kier molecular flexibility index (Phi) is 4.30. The molecule has 0 amide bonds. The molecule has 4 aliphatic rings. The number of rotatable bonds is 4. The predicted molar refractivity (Wildman–Crippen MR) is 100 cm³/mol. The third-order valence-electron chi connectivity index (χ3n) is 8.75. The Labute approximate surface area is 152 Å². The summed E-state index contributed by atoms with van der Waals surface area (Å²) in [5.41, 5.74) is 2.01. The third-order valence-corrected chi connectivity index (χ3v) is 8.75. The van der Waals surface area contributed by atoms with Crippen molar-refractivity contribution in [2.75, 3.05) is 6.54 Å². The van der Waals surface area contributed by atoms with Crippen LogP contribution in [0.2, 0.25) is 0 Å². The van der Waals surface area contributed by atoms with Gasteiger partial charge in [-0.2, -0.15) is 0 Å². The fraction of sp³-hybridized carbons (Fsp3) is 0.864. The lowest BCUT2D eigenvalue weighted by atomic mass is 9.42. The fourth-order valence-corrected chi connectivity index (χ4v) is 7.51. The van der Waals surface area contributed by atoms with E-state index in [1.807, 2.05) is 0 Å². The van der Waals surface area contributed by atoms with Gasteiger partial charge in [-0.15, -0.1) is 0 Å². The van der Waals surface area contributed by atoms with E-state index in [1.54, 1.807) is 5.57 Å². The van der Waals surface area contributed by atoms with Crippen molar-refractivity contribution in [2.45, 2.75) is 78.2 Å². The van der Waals surface area contributed by atoms with Crippen LogP contribution < -0.4 is 5.32 Å². The van der Waals surface area contributed by atoms with Gasteiger partial charge in [0.25, 0.3) is 0 Å². The molecule has 1 heterocycles. The first-order valence-corrected chi connectivity index (χ1v) is 10.6. The van der Waals surface area contributed by atoms with Crippen LogP contribution in [0, 0.1) is 34.5 Å². The molecule has 3 nitrogen and oxygen atoms in total. The predicted octanol–water partition coefficient (Wildman–Crippen LogP) is 4.63. The van der Waals surface area contributed by atoms with Gasteiger partial charge in [-0.1, -0.05) is 32.4 Å². The van der Waals surface area contributed by atoms with E-state index in [0.29, 0.717) is 36.1 Å². The van der Waals surface area contributed by atoms with Crippen molar-refractivity contribution in [1.29, 1.82) is 0 Å². The van der Waals surface area contributed by atoms with Crippen molar-refractivity contribution in [1.82, 2.24) is 5.32 Å². The summed E-state index contributed by atoms with van der Waals surface area (Å²) in [5.74, 6) is 2.12. The van der Waals surface area contributed by atoms with Gasteiger partial charge in [0.1, 0.15) is 0 Å². The summed E-state index contributed by atoms with van der Waals surface area (Å²) in [5, 5.41) is 13.5. The van der Waals surface area contributed by atoms with Crippen LogP contribution in [0.4, 0.5) is 0 Å². The molecule has 0 aromatic carbocycles. The van der Waals surface area contributed by atoms with Crippen LogP contribution in [0.3, 0.4) is 0 Å². The van der Waals surface area contributed by atoms with Crippen molar-refractivity contribution >= 4 is 5.97 Å². The first-order chi connectivity index (χ1) is 11.9. The van der Waals surface area contributed by atoms with Crippen molar-refractivity contribution in [3.8, 4) is 0 Å². The van der Waals surface area contributed by atoms with Crippen molar-refractivity contribution in [2.24, 2.45) is 34.5 Å². The molecule has 0 aromatic rings. The van der Waals surface area contributed by atoms with Gasteiger partial charge in [0, 0.05) is 17.9 Å². The molecule has 6 atom stereocenters. The maximum absolute atomic E-state index is 11.6. The molecule has 6 unspecified atom stereocenters. The molecule has 0 radical (unpaired) electrons. The van der Waals surface area contributed by atoms with E-state index in [4.69, 9.17) is 0 Å². The molecule has 3 heteroatoms. The molecule has 1 saturated heterocycles. The number of allylic oxidation sites excluding steroid dienone is 1. The number of hydrogen-bond donors (Lipinski definition) is 2. The zero-order chi connectivity index (χ0) is 17.8. The lowest BCUT2D eigenvalue weighted by Gasteiger charge is -2.66. The molecular weight excluding hydrogens is 310 g/mol. The number of carboxylic acids is 1. The monoisotopic (exact) mass is 345 g/mol. The molecule has 0 aromatic heterocycles. The van der Waals surface area contributed by atoms with Crippen LogP contribution >= 0.6 is 0 Å². The van der Waals surface area contributed by atoms with E-state index in [-0.39, 0.29) is 10.8 Å². The minimum atomic E-state index is -0.626. The first kappa shape index (κ1) is 17.6. The number of piperidine rings is 1. The quantitative estimate of drug-likeness (QED) is 0.731. The molecule has 0 spiro atoms. The van der Waals surface area contributed by atoms with Gasteiger partial charge >= 0.3 is 5.97 Å². The Hall–Kier alpha value is -0.830. The van der Waals surface area contributed by atoms with Crippen LogP contribution in [0.15, 0.2) is 11.6 Å². The lowest BCUT2D eigenvalue weighted by molar-refractivity contribution is -0.143. The van der Waals surface area contributed by atoms with E-state index in [9.17, 15) is 9.90 Å². The standard InChI is InChI=1S/C22H35NO2/c1-14(2)17-9-11-21(3)16-8-7-15-5-4-6-18(15)22(21,12-10-19(24)25)20(17)23-13-16/h6,14-17,20,23H,4-5,7-13H2,1-3H3,(H,24,25). The molecule has 2 saturated carbocycles. The van der Waals surface area contributed by atoms with Crippen LogP contribution in [0.1, 0.15) is 72.1 Å². The molecule has 25 heavy (non-hydrogen) atoms. The summed E-state index contributed by atoms with van der Waals surface area (Å²) < 4.78 is 0. The highest BCUT2D eigenvalue weighted by Gasteiger charge is 2.66. The van der Waals surface area contributed by atoms with Gasteiger partial charge in [-0.05, 0) is 80.6 Å². The second-order valence-corrected chi connectivity index (χ2v) is 9.82. The Balaban J connectivity index is 1.87. The van der Waals surface area contributed by atoms with Gasteiger partial charge in [0.2, 0.25) is 0 Å². The van der Waals surface area contributed by atoms with Gasteiger partial charge in [-0.3, -0.25) is 4.79 Å². The summed E-state index contributed by atoms with van der Waals surface area (Å²) in [6.45, 7) is 8.40. The van der Waals surface area contributed by atoms with Gasteiger partial charge in [-0.25, -0.2) is 0 Å². The zero-order valence-electron chi connectivity index (χ0n) is 16.2. The van der Waals surface area contributed by atoms with E-state index in [1.165, 1.54) is 38.5 Å². The highest BCUT2D eigenvalue weighted by Crippen LogP contribution is 2.69. The molecule has 4 bridgehead atoms. The molecule has 3 fully saturated rings. The second kappa shape index (κ2) is 6.11. The lowest BCUT2D eigenvalue weighted by Crippen LogP contribution is -2.69. The van der Waals surface area contributed by atoms with E-state index < -0.39 is 5.97 Å². The summed E-state index contributed by atoms with van der Waals surface area (Å²) in [6.07, 6.45) is 11.4. The van der Waals surface area contributed by atoms with Crippen molar-refractivity contribution in [3.05, 3.63) is 11.6 Å². The highest BCUT2D eigenvalue weighted by atomic mass is 16.4. The average molecular weight is 346 g/mol. The van der Waals surface area contributed by atoms with E-state index in [0.717, 1.165) is 13.0 Å². The number of aliphatic carboxylic acids is 1. The van der Waals surface area contributed by atoms with Crippen LogP contribution in [0.25, 0.3) is 0 Å². The maximum atomic E-state index is 11.6. The molecule has 3 aliphatic carbocycles. The second-order valence-electron chi connectivity index (χ2n) is 9.82. The van der Waals surface area contributed by atoms with E-state index >= 15 is 0 Å². The smallest absolute Gasteiger partial charge is 0.303 e. The number of hydrogen-bond acceptors (Lipinski definition) is 2. The Morgan fingerprint density at radius 3 is 2.84 bits per heavy atom. The first-order valence-electron chi connectivity index (χ1n) is 10.6. The molecular formula is C22H35NO2. The van der Waals surface area contributed by atoms with Crippen LogP contribution in [-0.2, 0) is 4.79 Å². The third kappa shape index (κ3) is 2.37. The van der Waals surface area contributed by atoms with E-state index in [2.05, 4.69) is 32.2 Å². The topological polar surface area (TPSA) is 49.3 Å². The molecule has 1 aliphatic heterocycles. The summed E-state index contributed by atoms with van der Waals surface area (Å²) >= 11 is 0. The summed E-state index contributed by atoms with van der Waals surface area (Å²) in [7, 11) is 0. The Morgan fingerprint density at radius 2 is 2.12 bits per heavy atom. The zero-order valence-corrected chi connectivity index (χ0v) is 16.2. The average Bonchev–Trinajstić information content (AvgIpc) is 2.99. The number of carboxylic acid groups (broad SMARTS) is 1. The number of fused-ring (bicyclic) bond motifs is 1. The Bertz CT molecular complexity index is 583. The summed E-state index contributed by atoms with van der Waals surface area (Å²) in [4.78, 5) is 11.6. The minimum absolute atomic E-state index is 0.0686. The van der Waals surface area contributed by atoms with Gasteiger partial charge in [0.15, 0.2) is 0 Å². The van der Waals surface area contributed by atoms with Gasteiger partial charge in [0.05, 0.1) is 0 Å². The van der Waals surface area contributed by atoms with Gasteiger partial charge < -0.3 is 10.4 Å². The van der Waals surface area contributed by atoms with Crippen molar-refractivity contribution in [3.63, 3.8) is 0 Å². The summed E-state index contributed by atoms with van der Waals surface area (Å²) in [6, 6.07) is 0.465. The largest absolute Gasteiger partial charge is 0.481 e. The molecule has 2 N–H and O–H groups in total. The molecule has 4 rings (SSSR count). The number of nitrogens with one attached hydrogen (secondary N) is 1. The van der Waals surface area contributed by atoms with Crippen molar-refractivity contribution < 1.29 is 9.90 Å². The fourth-order valence-electron chi connectivity index (χ4n) is 7.51. The SMILES string of the molecule is CC(C)C1CCC2(C)C3CCC4CCC=C4C2(CCC(=O)O)C1NC3.